The SMILES string of the molecule is C#CCC1C2C[C@H](C)CC(C)(/C=C\C(C)=O)[C@@]2(C)C(O)CC1(C)CCCF. The minimum atomic E-state index is -0.491. The molecule has 2 aliphatic rings. The highest BCUT2D eigenvalue weighted by Gasteiger charge is 2.63. The van der Waals surface area contributed by atoms with E-state index in [-0.39, 0.29) is 40.5 Å². The molecule has 152 valence electrons. The third-order valence-electron chi connectivity index (χ3n) is 8.07. The van der Waals surface area contributed by atoms with Crippen molar-refractivity contribution in [3.8, 4) is 12.3 Å². The molecule has 3 heteroatoms. The first-order valence-corrected chi connectivity index (χ1v) is 10.4. The highest BCUT2D eigenvalue weighted by Crippen LogP contribution is 2.67. The van der Waals surface area contributed by atoms with E-state index < -0.39 is 6.10 Å². The molecule has 0 aromatic carbocycles. The zero-order chi connectivity index (χ0) is 20.5. The Bertz CT molecular complexity index is 620. The molecule has 2 fully saturated rings. The van der Waals surface area contributed by atoms with E-state index in [1.165, 1.54) is 0 Å². The molecule has 0 aliphatic heterocycles. The van der Waals surface area contributed by atoms with Crippen molar-refractivity contribution >= 4 is 5.78 Å². The maximum Gasteiger partial charge on any atom is 0.152 e. The Labute approximate surface area is 165 Å². The Balaban J connectivity index is 2.54. The number of carbonyl (C=O) groups excluding carboxylic acids is 1. The van der Waals surface area contributed by atoms with Crippen LogP contribution in [0.3, 0.4) is 0 Å². The molecule has 0 amide bonds. The van der Waals surface area contributed by atoms with Crippen molar-refractivity contribution in [1.29, 1.82) is 0 Å². The number of terminal acetylenes is 1. The largest absolute Gasteiger partial charge is 0.392 e. The highest BCUT2D eigenvalue weighted by molar-refractivity contribution is 5.87. The van der Waals surface area contributed by atoms with E-state index in [4.69, 9.17) is 6.42 Å². The molecule has 27 heavy (non-hydrogen) atoms. The average Bonchev–Trinajstić information content (AvgIpc) is 2.58. The maximum absolute atomic E-state index is 13.0. The molecule has 2 rings (SSSR count). The molecule has 7 atom stereocenters. The fourth-order valence-electron chi connectivity index (χ4n) is 6.45. The first-order valence-electron chi connectivity index (χ1n) is 10.4. The molecule has 5 unspecified atom stereocenters. The normalized spacial score (nSPS) is 44.7. The minimum absolute atomic E-state index is 0.0351. The number of rotatable bonds is 6. The van der Waals surface area contributed by atoms with E-state index in [0.717, 1.165) is 19.3 Å². The summed E-state index contributed by atoms with van der Waals surface area (Å²) in [4.78, 5) is 11.6. The second-order valence-electron chi connectivity index (χ2n) is 9.98. The van der Waals surface area contributed by atoms with Crippen LogP contribution >= 0.6 is 0 Å². The summed E-state index contributed by atoms with van der Waals surface area (Å²) in [5.74, 6) is 3.92. The van der Waals surface area contributed by atoms with Crippen LogP contribution in [0.15, 0.2) is 12.2 Å². The summed E-state index contributed by atoms with van der Waals surface area (Å²) in [6, 6.07) is 0. The lowest BCUT2D eigenvalue weighted by molar-refractivity contribution is -0.199. The van der Waals surface area contributed by atoms with Gasteiger partial charge in [-0.05, 0) is 73.7 Å². The molecule has 0 saturated heterocycles. The van der Waals surface area contributed by atoms with Crippen molar-refractivity contribution in [2.75, 3.05) is 6.67 Å². The van der Waals surface area contributed by atoms with E-state index in [1.54, 1.807) is 13.0 Å². The van der Waals surface area contributed by atoms with Crippen LogP contribution < -0.4 is 0 Å². The van der Waals surface area contributed by atoms with E-state index in [1.807, 2.05) is 6.08 Å². The molecule has 0 radical (unpaired) electrons. The summed E-state index contributed by atoms with van der Waals surface area (Å²) < 4.78 is 13.0. The molecular weight excluding hydrogens is 339 g/mol. The molecule has 0 aromatic rings. The van der Waals surface area contributed by atoms with Gasteiger partial charge in [-0.1, -0.05) is 33.8 Å². The maximum atomic E-state index is 13.0. The number of alkyl halides is 1. The van der Waals surface area contributed by atoms with Gasteiger partial charge < -0.3 is 5.11 Å². The van der Waals surface area contributed by atoms with Crippen molar-refractivity contribution in [2.24, 2.45) is 34.0 Å². The van der Waals surface area contributed by atoms with Gasteiger partial charge in [-0.2, -0.15) is 0 Å². The predicted molar refractivity (Wildman–Crippen MR) is 109 cm³/mol. The average molecular weight is 377 g/mol. The number of aliphatic hydroxyl groups excluding tert-OH is 1. The molecule has 0 aromatic heterocycles. The van der Waals surface area contributed by atoms with Gasteiger partial charge in [0, 0.05) is 11.8 Å². The van der Waals surface area contributed by atoms with Crippen LogP contribution in [0.4, 0.5) is 4.39 Å². The van der Waals surface area contributed by atoms with Crippen molar-refractivity contribution in [1.82, 2.24) is 0 Å². The molecule has 1 N–H and O–H groups in total. The van der Waals surface area contributed by atoms with Gasteiger partial charge in [-0.15, -0.1) is 12.3 Å². The Morgan fingerprint density at radius 3 is 2.56 bits per heavy atom. The van der Waals surface area contributed by atoms with Crippen LogP contribution in [-0.2, 0) is 4.79 Å². The van der Waals surface area contributed by atoms with E-state index in [9.17, 15) is 14.3 Å². The first kappa shape index (κ1) is 22.2. The molecule has 2 saturated carbocycles. The Kier molecular flexibility index (Phi) is 6.63. The summed E-state index contributed by atoms with van der Waals surface area (Å²) in [5.41, 5.74) is -0.763. The molecule has 0 spiro atoms. The number of aliphatic hydroxyl groups is 1. The topological polar surface area (TPSA) is 37.3 Å². The zero-order valence-electron chi connectivity index (χ0n) is 17.7. The molecule has 2 aliphatic carbocycles. The Morgan fingerprint density at radius 2 is 2.00 bits per heavy atom. The van der Waals surface area contributed by atoms with Crippen molar-refractivity contribution < 1.29 is 14.3 Å². The van der Waals surface area contributed by atoms with Gasteiger partial charge >= 0.3 is 0 Å². The van der Waals surface area contributed by atoms with Gasteiger partial charge in [0.05, 0.1) is 12.8 Å². The predicted octanol–water partition coefficient (Wildman–Crippen LogP) is 5.35. The third-order valence-corrected chi connectivity index (χ3v) is 8.07. The van der Waals surface area contributed by atoms with Crippen molar-refractivity contribution in [2.45, 2.75) is 79.2 Å². The lowest BCUT2D eigenvalue weighted by atomic mass is 9.39. The zero-order valence-corrected chi connectivity index (χ0v) is 17.7. The van der Waals surface area contributed by atoms with E-state index in [2.05, 4.69) is 33.6 Å². The number of hydrogen-bond donors (Lipinski definition) is 1. The lowest BCUT2D eigenvalue weighted by Gasteiger charge is -2.65. The second kappa shape index (κ2) is 8.08. The number of hydrogen-bond acceptors (Lipinski definition) is 2. The number of fused-ring (bicyclic) bond motifs is 1. The van der Waals surface area contributed by atoms with Gasteiger partial charge in [0.2, 0.25) is 0 Å². The highest BCUT2D eigenvalue weighted by atomic mass is 19.1. The summed E-state index contributed by atoms with van der Waals surface area (Å²) in [6.07, 6.45) is 13.5. The number of allylic oxidation sites excluding steroid dienone is 2. The van der Waals surface area contributed by atoms with E-state index in [0.29, 0.717) is 25.2 Å². The molecular formula is C24H37FO2. The van der Waals surface area contributed by atoms with Gasteiger partial charge in [0.1, 0.15) is 0 Å². The number of halogens is 1. The van der Waals surface area contributed by atoms with Crippen LogP contribution in [0.2, 0.25) is 0 Å². The van der Waals surface area contributed by atoms with Crippen LogP contribution in [0, 0.1) is 46.3 Å². The van der Waals surface area contributed by atoms with Gasteiger partial charge in [0.15, 0.2) is 5.78 Å². The summed E-state index contributed by atoms with van der Waals surface area (Å²) in [5, 5.41) is 11.4. The Morgan fingerprint density at radius 1 is 1.33 bits per heavy atom. The van der Waals surface area contributed by atoms with Crippen LogP contribution in [-0.4, -0.2) is 23.7 Å². The standard InChI is InChI=1S/C24H37FO2/c1-7-9-19-20-14-17(2)15-23(5,12-10-18(3)26)24(20,6)21(27)16-22(19,4)11-8-13-25/h1,10,12,17,19-21,27H,8-9,11,13-16H2,2-6H3/b12-10-/t17-,19?,20?,21?,22?,23?,24+/m0/s1. The van der Waals surface area contributed by atoms with Gasteiger partial charge in [-0.3, -0.25) is 9.18 Å². The van der Waals surface area contributed by atoms with Crippen LogP contribution in [0.1, 0.15) is 73.1 Å². The number of ketones is 1. The quantitative estimate of drug-likeness (QED) is 0.501. The van der Waals surface area contributed by atoms with Crippen LogP contribution in [0.5, 0.6) is 0 Å². The fourth-order valence-corrected chi connectivity index (χ4v) is 6.45. The summed E-state index contributed by atoms with van der Waals surface area (Å²) >= 11 is 0. The van der Waals surface area contributed by atoms with Gasteiger partial charge in [-0.25, -0.2) is 0 Å². The fraction of sp³-hybridized carbons (Fsp3) is 0.792. The van der Waals surface area contributed by atoms with Crippen molar-refractivity contribution in [3.63, 3.8) is 0 Å². The molecule has 0 heterocycles. The summed E-state index contributed by atoms with van der Waals surface area (Å²) in [7, 11) is 0. The van der Waals surface area contributed by atoms with Crippen molar-refractivity contribution in [3.05, 3.63) is 12.2 Å². The molecule has 2 nitrogen and oxygen atoms in total. The Hall–Kier alpha value is -1.14. The third kappa shape index (κ3) is 3.88. The molecule has 0 bridgehead atoms. The van der Waals surface area contributed by atoms with E-state index >= 15 is 0 Å². The monoisotopic (exact) mass is 376 g/mol. The second-order valence-corrected chi connectivity index (χ2v) is 9.98. The van der Waals surface area contributed by atoms with Gasteiger partial charge in [0.25, 0.3) is 0 Å². The summed E-state index contributed by atoms with van der Waals surface area (Å²) in [6.45, 7) is 10.1. The number of carbonyl (C=O) groups is 1. The smallest absolute Gasteiger partial charge is 0.152 e. The first-order chi connectivity index (χ1) is 12.5. The minimum Gasteiger partial charge on any atom is -0.392 e. The van der Waals surface area contributed by atoms with Crippen LogP contribution in [0.25, 0.3) is 0 Å². The lowest BCUT2D eigenvalue weighted by Crippen LogP contribution is -2.63.